The Hall–Kier alpha value is -1.75. The van der Waals surface area contributed by atoms with Crippen LogP contribution in [0.4, 0.5) is 0 Å². The molecular formula is C15H20N4O. The van der Waals surface area contributed by atoms with Crippen molar-refractivity contribution < 1.29 is 4.79 Å². The van der Waals surface area contributed by atoms with Gasteiger partial charge in [0, 0.05) is 24.1 Å². The molecule has 106 valence electrons. The van der Waals surface area contributed by atoms with Crippen molar-refractivity contribution in [1.29, 1.82) is 0 Å². The molecule has 2 aromatic heterocycles. The second-order valence-corrected chi connectivity index (χ2v) is 5.61. The zero-order valence-corrected chi connectivity index (χ0v) is 12.0. The lowest BCUT2D eigenvalue weighted by molar-refractivity contribution is -0.113. The topological polar surface area (TPSA) is 50.5 Å². The molecular weight excluding hydrogens is 252 g/mol. The van der Waals surface area contributed by atoms with Gasteiger partial charge in [-0.3, -0.25) is 9.30 Å². The molecule has 5 heteroatoms. The van der Waals surface area contributed by atoms with Crippen molar-refractivity contribution in [2.75, 3.05) is 6.54 Å². The smallest absolute Gasteiger partial charge is 0.234 e. The van der Waals surface area contributed by atoms with Gasteiger partial charge in [-0.25, -0.2) is 9.97 Å². The van der Waals surface area contributed by atoms with E-state index in [-0.39, 0.29) is 6.04 Å². The van der Waals surface area contributed by atoms with E-state index in [1.807, 2.05) is 23.6 Å². The van der Waals surface area contributed by atoms with Crippen molar-refractivity contribution >= 4 is 12.1 Å². The zero-order chi connectivity index (χ0) is 14.1. The summed E-state index contributed by atoms with van der Waals surface area (Å²) in [6.45, 7) is 5.74. The van der Waals surface area contributed by atoms with Crippen molar-refractivity contribution in [1.82, 2.24) is 19.3 Å². The van der Waals surface area contributed by atoms with Gasteiger partial charge in [0.05, 0.1) is 11.7 Å². The van der Waals surface area contributed by atoms with Crippen LogP contribution in [0.1, 0.15) is 36.3 Å². The fourth-order valence-electron chi connectivity index (χ4n) is 2.97. The maximum Gasteiger partial charge on any atom is 0.234 e. The molecule has 0 amide bonds. The minimum Gasteiger partial charge on any atom is -0.302 e. The molecule has 1 unspecified atom stereocenters. The zero-order valence-electron chi connectivity index (χ0n) is 12.0. The van der Waals surface area contributed by atoms with Crippen molar-refractivity contribution in [2.45, 2.75) is 45.7 Å². The Labute approximate surface area is 118 Å². The van der Waals surface area contributed by atoms with Crippen LogP contribution >= 0.6 is 0 Å². The number of aldehydes is 1. The highest BCUT2D eigenvalue weighted by Crippen LogP contribution is 2.18. The second-order valence-electron chi connectivity index (χ2n) is 5.61. The molecule has 1 atom stereocenters. The third-order valence-electron chi connectivity index (χ3n) is 4.00. The van der Waals surface area contributed by atoms with Crippen molar-refractivity contribution in [2.24, 2.45) is 0 Å². The number of rotatable bonds is 3. The van der Waals surface area contributed by atoms with E-state index in [0.29, 0.717) is 0 Å². The Morgan fingerprint density at radius 2 is 2.20 bits per heavy atom. The number of fused-ring (bicyclic) bond motifs is 1. The molecule has 3 rings (SSSR count). The molecule has 0 bridgehead atoms. The van der Waals surface area contributed by atoms with Crippen LogP contribution in [0.15, 0.2) is 12.3 Å². The molecule has 0 N–H and O–H groups in total. The summed E-state index contributed by atoms with van der Waals surface area (Å²) >= 11 is 0. The normalized spacial score (nSPS) is 20.4. The number of carbonyl (C=O) groups excluding carboxylic acids is 1. The number of nitrogens with zero attached hydrogens (tertiary/aromatic N) is 4. The average Bonchev–Trinajstić information content (AvgIpc) is 2.82. The molecule has 3 heterocycles. The van der Waals surface area contributed by atoms with Crippen LogP contribution in [0.2, 0.25) is 0 Å². The van der Waals surface area contributed by atoms with E-state index in [9.17, 15) is 4.79 Å². The molecule has 1 saturated heterocycles. The van der Waals surface area contributed by atoms with E-state index in [4.69, 9.17) is 0 Å². The minimum atomic E-state index is 0.0457. The summed E-state index contributed by atoms with van der Waals surface area (Å²) in [5.74, 6) is 0.747. The highest BCUT2D eigenvalue weighted by Gasteiger charge is 2.22. The number of hydrogen-bond donors (Lipinski definition) is 0. The quantitative estimate of drug-likeness (QED) is 0.801. The van der Waals surface area contributed by atoms with Crippen LogP contribution in [0.25, 0.3) is 5.78 Å². The summed E-state index contributed by atoms with van der Waals surface area (Å²) in [6.07, 6.45) is 6.38. The van der Waals surface area contributed by atoms with Crippen LogP contribution in [0, 0.1) is 13.8 Å². The fraction of sp³-hybridized carbons (Fsp3) is 0.533. The van der Waals surface area contributed by atoms with Gasteiger partial charge < -0.3 is 4.79 Å². The van der Waals surface area contributed by atoms with Crippen LogP contribution in [0.3, 0.4) is 0 Å². The number of likely N-dealkylation sites (tertiary alicyclic amines) is 1. The summed E-state index contributed by atoms with van der Waals surface area (Å²) in [7, 11) is 0. The maximum absolute atomic E-state index is 11.2. The van der Waals surface area contributed by atoms with Crippen molar-refractivity contribution in [3.05, 3.63) is 29.3 Å². The number of aromatic nitrogens is 3. The second kappa shape index (κ2) is 5.32. The summed E-state index contributed by atoms with van der Waals surface area (Å²) in [5, 5.41) is 0. The standard InChI is InChI=1S/C15H20N4O/c1-11-7-12(2)19-9-13(17-15(19)16-11)8-18-6-4-3-5-14(18)10-20/h7,9-10,14H,3-6,8H2,1-2H3. The Kier molecular flexibility index (Phi) is 3.53. The maximum atomic E-state index is 11.2. The van der Waals surface area contributed by atoms with Crippen LogP contribution in [0.5, 0.6) is 0 Å². The van der Waals surface area contributed by atoms with E-state index in [1.54, 1.807) is 0 Å². The van der Waals surface area contributed by atoms with Gasteiger partial charge in [0.15, 0.2) is 0 Å². The Morgan fingerprint density at radius 1 is 1.35 bits per heavy atom. The van der Waals surface area contributed by atoms with Gasteiger partial charge in [-0.1, -0.05) is 6.42 Å². The molecule has 20 heavy (non-hydrogen) atoms. The first kappa shape index (κ1) is 13.2. The molecule has 1 aliphatic rings. The monoisotopic (exact) mass is 272 g/mol. The predicted octanol–water partition coefficient (Wildman–Crippen LogP) is 1.90. The number of aryl methyl sites for hydroxylation is 2. The third-order valence-corrected chi connectivity index (χ3v) is 4.00. The highest BCUT2D eigenvalue weighted by atomic mass is 16.1. The lowest BCUT2D eigenvalue weighted by atomic mass is 10.0. The summed E-state index contributed by atoms with van der Waals surface area (Å²) < 4.78 is 2.02. The van der Waals surface area contributed by atoms with Gasteiger partial charge in [-0.15, -0.1) is 0 Å². The first-order valence-corrected chi connectivity index (χ1v) is 7.19. The summed E-state index contributed by atoms with van der Waals surface area (Å²) in [6, 6.07) is 2.09. The third kappa shape index (κ3) is 2.45. The number of carbonyl (C=O) groups is 1. The fourth-order valence-corrected chi connectivity index (χ4v) is 2.97. The number of imidazole rings is 1. The lowest BCUT2D eigenvalue weighted by Crippen LogP contribution is -2.39. The first-order valence-electron chi connectivity index (χ1n) is 7.19. The molecule has 0 aromatic carbocycles. The molecule has 5 nitrogen and oxygen atoms in total. The molecule has 0 radical (unpaired) electrons. The summed E-state index contributed by atoms with van der Waals surface area (Å²) in [5.41, 5.74) is 3.10. The summed E-state index contributed by atoms with van der Waals surface area (Å²) in [4.78, 5) is 22.4. The van der Waals surface area contributed by atoms with Gasteiger partial charge in [-0.05, 0) is 39.3 Å². The van der Waals surface area contributed by atoms with E-state index in [0.717, 1.165) is 61.5 Å². The lowest BCUT2D eigenvalue weighted by Gasteiger charge is -2.31. The molecule has 0 saturated carbocycles. The molecule has 1 aliphatic heterocycles. The van der Waals surface area contributed by atoms with Crippen molar-refractivity contribution in [3.63, 3.8) is 0 Å². The highest BCUT2D eigenvalue weighted by molar-refractivity contribution is 5.57. The number of piperidine rings is 1. The van der Waals surface area contributed by atoms with Gasteiger partial charge in [0.2, 0.25) is 5.78 Å². The Balaban J connectivity index is 1.87. The van der Waals surface area contributed by atoms with Gasteiger partial charge in [-0.2, -0.15) is 0 Å². The van der Waals surface area contributed by atoms with Crippen molar-refractivity contribution in [3.8, 4) is 0 Å². The average molecular weight is 272 g/mol. The van der Waals surface area contributed by atoms with E-state index < -0.39 is 0 Å². The van der Waals surface area contributed by atoms with E-state index >= 15 is 0 Å². The van der Waals surface area contributed by atoms with Crippen LogP contribution in [-0.2, 0) is 11.3 Å². The van der Waals surface area contributed by atoms with Crippen LogP contribution < -0.4 is 0 Å². The number of hydrogen-bond acceptors (Lipinski definition) is 4. The molecule has 2 aromatic rings. The van der Waals surface area contributed by atoms with Gasteiger partial charge in [0.25, 0.3) is 0 Å². The first-order chi connectivity index (χ1) is 9.67. The minimum absolute atomic E-state index is 0.0457. The van der Waals surface area contributed by atoms with E-state index in [2.05, 4.69) is 21.8 Å². The SMILES string of the molecule is Cc1cc(C)n2cc(CN3CCCCC3C=O)nc2n1. The van der Waals surface area contributed by atoms with Gasteiger partial charge in [0.1, 0.15) is 6.29 Å². The Morgan fingerprint density at radius 3 is 3.00 bits per heavy atom. The molecule has 0 aliphatic carbocycles. The van der Waals surface area contributed by atoms with Crippen LogP contribution in [-0.4, -0.2) is 38.1 Å². The van der Waals surface area contributed by atoms with E-state index in [1.165, 1.54) is 0 Å². The molecule has 0 spiro atoms. The molecule has 1 fully saturated rings. The Bertz CT molecular complexity index is 634. The predicted molar refractivity (Wildman–Crippen MR) is 76.6 cm³/mol. The largest absolute Gasteiger partial charge is 0.302 e. The van der Waals surface area contributed by atoms with Gasteiger partial charge >= 0.3 is 0 Å².